The number of aryl methyl sites for hydroxylation is 2. The SMILES string of the molecule is CCCSc1nnc2n(C3CCCCC3)c3sc4c(c3c(=O)n12)CCCC4. The average molecular weight is 403 g/mol. The maximum absolute atomic E-state index is 13.6. The molecule has 3 aromatic heterocycles. The smallest absolute Gasteiger partial charge is 0.270 e. The number of thioether (sulfide) groups is 1. The van der Waals surface area contributed by atoms with Crippen molar-refractivity contribution < 1.29 is 0 Å². The fraction of sp³-hybridized carbons (Fsp3) is 0.650. The van der Waals surface area contributed by atoms with Crippen LogP contribution in [0.1, 0.15) is 74.8 Å². The summed E-state index contributed by atoms with van der Waals surface area (Å²) >= 11 is 3.51. The van der Waals surface area contributed by atoms with Gasteiger partial charge in [0.1, 0.15) is 4.83 Å². The quantitative estimate of drug-likeness (QED) is 0.577. The third-order valence-electron chi connectivity index (χ3n) is 6.00. The van der Waals surface area contributed by atoms with Crippen molar-refractivity contribution in [2.75, 3.05) is 5.75 Å². The van der Waals surface area contributed by atoms with Crippen molar-refractivity contribution in [1.29, 1.82) is 0 Å². The van der Waals surface area contributed by atoms with E-state index in [1.807, 2.05) is 15.7 Å². The molecule has 1 fully saturated rings. The van der Waals surface area contributed by atoms with Gasteiger partial charge in [-0.1, -0.05) is 37.9 Å². The fourth-order valence-corrected chi connectivity index (χ4v) is 6.92. The Hall–Kier alpha value is -1.34. The van der Waals surface area contributed by atoms with E-state index in [1.165, 1.54) is 55.4 Å². The third-order valence-corrected chi connectivity index (χ3v) is 8.42. The number of nitrogens with zero attached hydrogens (tertiary/aromatic N) is 4. The summed E-state index contributed by atoms with van der Waals surface area (Å²) in [5, 5.41) is 10.7. The molecule has 2 aliphatic carbocycles. The summed E-state index contributed by atoms with van der Waals surface area (Å²) in [7, 11) is 0. The molecule has 144 valence electrons. The molecular weight excluding hydrogens is 376 g/mol. The topological polar surface area (TPSA) is 52.2 Å². The molecule has 0 radical (unpaired) electrons. The van der Waals surface area contributed by atoms with Gasteiger partial charge >= 0.3 is 0 Å². The lowest BCUT2D eigenvalue weighted by molar-refractivity contribution is 0.363. The molecule has 1 saturated carbocycles. The van der Waals surface area contributed by atoms with Crippen molar-refractivity contribution in [1.82, 2.24) is 19.2 Å². The minimum absolute atomic E-state index is 0.107. The fourth-order valence-electron chi connectivity index (χ4n) is 4.70. The highest BCUT2D eigenvalue weighted by molar-refractivity contribution is 7.99. The van der Waals surface area contributed by atoms with Crippen LogP contribution in [0.5, 0.6) is 0 Å². The molecule has 0 N–H and O–H groups in total. The Bertz CT molecular complexity index is 1040. The van der Waals surface area contributed by atoms with Crippen LogP contribution in [-0.4, -0.2) is 24.9 Å². The Morgan fingerprint density at radius 3 is 2.74 bits per heavy atom. The standard InChI is InChI=1S/C20H26N4OS2/c1-2-12-26-20-22-21-19-23(13-8-4-3-5-9-13)18-16(17(25)24(19)20)14-10-6-7-11-15(14)27-18/h13H,2-12H2,1H3. The van der Waals surface area contributed by atoms with Crippen molar-refractivity contribution in [2.24, 2.45) is 0 Å². The number of fused-ring (bicyclic) bond motifs is 4. The molecule has 5 rings (SSSR count). The summed E-state index contributed by atoms with van der Waals surface area (Å²) in [6.45, 7) is 2.16. The molecule has 0 saturated heterocycles. The van der Waals surface area contributed by atoms with Gasteiger partial charge in [0.05, 0.1) is 5.39 Å². The van der Waals surface area contributed by atoms with E-state index < -0.39 is 0 Å². The lowest BCUT2D eigenvalue weighted by atomic mass is 9.94. The molecule has 2 aliphatic rings. The van der Waals surface area contributed by atoms with Crippen LogP contribution in [0.15, 0.2) is 9.95 Å². The zero-order chi connectivity index (χ0) is 18.4. The van der Waals surface area contributed by atoms with E-state index in [0.29, 0.717) is 6.04 Å². The molecule has 3 aromatic rings. The molecule has 0 aliphatic heterocycles. The summed E-state index contributed by atoms with van der Waals surface area (Å²) in [4.78, 5) is 16.2. The highest BCUT2D eigenvalue weighted by Crippen LogP contribution is 2.39. The average Bonchev–Trinajstić information content (AvgIpc) is 3.29. The van der Waals surface area contributed by atoms with Crippen molar-refractivity contribution in [3.63, 3.8) is 0 Å². The maximum atomic E-state index is 13.6. The van der Waals surface area contributed by atoms with Crippen molar-refractivity contribution in [3.8, 4) is 0 Å². The van der Waals surface area contributed by atoms with E-state index in [4.69, 9.17) is 0 Å². The number of hydrogen-bond acceptors (Lipinski definition) is 5. The van der Waals surface area contributed by atoms with Gasteiger partial charge in [-0.05, 0) is 50.5 Å². The van der Waals surface area contributed by atoms with Crippen molar-refractivity contribution in [3.05, 3.63) is 20.8 Å². The van der Waals surface area contributed by atoms with Crippen molar-refractivity contribution >= 4 is 39.1 Å². The van der Waals surface area contributed by atoms with Crippen LogP contribution < -0.4 is 5.56 Å². The highest BCUT2D eigenvalue weighted by Gasteiger charge is 2.28. The summed E-state index contributed by atoms with van der Waals surface area (Å²) < 4.78 is 4.21. The minimum atomic E-state index is 0.107. The zero-order valence-electron chi connectivity index (χ0n) is 15.9. The van der Waals surface area contributed by atoms with Gasteiger partial charge in [-0.2, -0.15) is 0 Å². The summed E-state index contributed by atoms with van der Waals surface area (Å²) in [5.74, 6) is 1.72. The van der Waals surface area contributed by atoms with Gasteiger partial charge in [0, 0.05) is 16.7 Å². The Morgan fingerprint density at radius 2 is 1.93 bits per heavy atom. The summed E-state index contributed by atoms with van der Waals surface area (Å²) in [6.07, 6.45) is 11.9. The second-order valence-electron chi connectivity index (χ2n) is 7.82. The molecular formula is C20H26N4OS2. The number of rotatable bonds is 4. The molecule has 0 atom stereocenters. The second-order valence-corrected chi connectivity index (χ2v) is 9.97. The van der Waals surface area contributed by atoms with Crippen LogP contribution in [0, 0.1) is 0 Å². The Labute approximate surface area is 167 Å². The largest absolute Gasteiger partial charge is 0.298 e. The minimum Gasteiger partial charge on any atom is -0.298 e. The molecule has 5 nitrogen and oxygen atoms in total. The number of hydrogen-bond donors (Lipinski definition) is 0. The van der Waals surface area contributed by atoms with Gasteiger partial charge in [-0.15, -0.1) is 21.5 Å². The Balaban J connectivity index is 1.83. The molecule has 0 spiro atoms. The monoisotopic (exact) mass is 402 g/mol. The third kappa shape index (κ3) is 2.85. The first kappa shape index (κ1) is 17.7. The molecule has 7 heteroatoms. The predicted molar refractivity (Wildman–Crippen MR) is 112 cm³/mol. The molecule has 27 heavy (non-hydrogen) atoms. The first-order chi connectivity index (χ1) is 13.3. The van der Waals surface area contributed by atoms with Crippen LogP contribution in [-0.2, 0) is 12.8 Å². The van der Waals surface area contributed by atoms with Crippen LogP contribution >= 0.6 is 23.1 Å². The van der Waals surface area contributed by atoms with E-state index in [-0.39, 0.29) is 5.56 Å². The molecule has 0 amide bonds. The first-order valence-corrected chi connectivity index (χ1v) is 12.2. The van der Waals surface area contributed by atoms with Gasteiger partial charge in [-0.25, -0.2) is 4.40 Å². The van der Waals surface area contributed by atoms with Gasteiger partial charge < -0.3 is 0 Å². The van der Waals surface area contributed by atoms with Crippen LogP contribution in [0.25, 0.3) is 16.0 Å². The molecule has 0 aromatic carbocycles. The maximum Gasteiger partial charge on any atom is 0.270 e. The van der Waals surface area contributed by atoms with E-state index in [9.17, 15) is 4.79 Å². The predicted octanol–water partition coefficient (Wildman–Crippen LogP) is 4.99. The molecule has 0 bridgehead atoms. The van der Waals surface area contributed by atoms with Gasteiger partial charge in [0.2, 0.25) is 5.78 Å². The van der Waals surface area contributed by atoms with Crippen LogP contribution in [0.4, 0.5) is 0 Å². The van der Waals surface area contributed by atoms with Gasteiger partial charge in [-0.3, -0.25) is 9.36 Å². The Morgan fingerprint density at radius 1 is 1.11 bits per heavy atom. The van der Waals surface area contributed by atoms with Gasteiger partial charge in [0.25, 0.3) is 5.56 Å². The Kier molecular flexibility index (Phi) is 4.76. The van der Waals surface area contributed by atoms with E-state index in [1.54, 1.807) is 11.8 Å². The lowest BCUT2D eigenvalue weighted by Gasteiger charge is -2.25. The first-order valence-electron chi connectivity index (χ1n) is 10.4. The van der Waals surface area contributed by atoms with Crippen molar-refractivity contribution in [2.45, 2.75) is 82.3 Å². The zero-order valence-corrected chi connectivity index (χ0v) is 17.5. The van der Waals surface area contributed by atoms with E-state index in [2.05, 4.69) is 21.7 Å². The van der Waals surface area contributed by atoms with Crippen LogP contribution in [0.3, 0.4) is 0 Å². The summed E-state index contributed by atoms with van der Waals surface area (Å²) in [6, 6.07) is 0.442. The van der Waals surface area contributed by atoms with Crippen LogP contribution in [0.2, 0.25) is 0 Å². The second kappa shape index (κ2) is 7.24. The normalized spacial score (nSPS) is 18.4. The lowest BCUT2D eigenvalue weighted by Crippen LogP contribution is -2.23. The number of aromatic nitrogens is 4. The van der Waals surface area contributed by atoms with Gasteiger partial charge in [0.15, 0.2) is 5.16 Å². The molecule has 3 heterocycles. The van der Waals surface area contributed by atoms with E-state index in [0.717, 1.165) is 46.2 Å². The summed E-state index contributed by atoms with van der Waals surface area (Å²) in [5.41, 5.74) is 1.42. The number of thiophene rings is 1. The molecule has 0 unspecified atom stereocenters. The highest BCUT2D eigenvalue weighted by atomic mass is 32.2. The van der Waals surface area contributed by atoms with E-state index >= 15 is 0 Å².